The molecule has 1 spiro atoms. The predicted molar refractivity (Wildman–Crippen MR) is 65.9 cm³/mol. The van der Waals surface area contributed by atoms with Crippen LogP contribution in [0.2, 0.25) is 0 Å². The zero-order valence-electron chi connectivity index (χ0n) is 10.5. The van der Waals surface area contributed by atoms with Gasteiger partial charge in [-0.05, 0) is 62.4 Å². The fraction of sp³-hybridized carbons (Fsp3) is 1.00. The molecule has 0 radical (unpaired) electrons. The van der Waals surface area contributed by atoms with Crippen molar-refractivity contribution in [3.05, 3.63) is 0 Å². The summed E-state index contributed by atoms with van der Waals surface area (Å²) in [6.45, 7) is 7.32. The Morgan fingerprint density at radius 2 is 1.93 bits per heavy atom. The lowest BCUT2D eigenvalue weighted by Crippen LogP contribution is -2.45. The zero-order valence-corrected chi connectivity index (χ0v) is 10.5. The first-order chi connectivity index (χ1) is 7.27. The lowest BCUT2D eigenvalue weighted by atomic mass is 9.61. The molecule has 1 atom stereocenters. The third-order valence-electron chi connectivity index (χ3n) is 5.09. The largest absolute Gasteiger partial charge is 0.316 e. The summed E-state index contributed by atoms with van der Waals surface area (Å²) in [5, 5.41) is 3.54. The highest BCUT2D eigenvalue weighted by atomic mass is 14.9. The highest BCUT2D eigenvalue weighted by molar-refractivity contribution is 4.93. The van der Waals surface area contributed by atoms with Crippen molar-refractivity contribution < 1.29 is 0 Å². The van der Waals surface area contributed by atoms with Gasteiger partial charge in [0.2, 0.25) is 0 Å². The van der Waals surface area contributed by atoms with Gasteiger partial charge < -0.3 is 5.32 Å². The molecule has 2 fully saturated rings. The maximum atomic E-state index is 3.54. The van der Waals surface area contributed by atoms with Crippen molar-refractivity contribution in [2.45, 2.75) is 58.8 Å². The first kappa shape index (κ1) is 11.4. The lowest BCUT2D eigenvalue weighted by Gasteiger charge is -2.47. The molecule has 15 heavy (non-hydrogen) atoms. The van der Waals surface area contributed by atoms with Gasteiger partial charge in [-0.3, -0.25) is 0 Å². The molecular weight excluding hydrogens is 182 g/mol. The van der Waals surface area contributed by atoms with E-state index in [1.165, 1.54) is 58.0 Å². The lowest BCUT2D eigenvalue weighted by molar-refractivity contribution is 0.0485. The number of rotatable bonds is 2. The van der Waals surface area contributed by atoms with Crippen molar-refractivity contribution in [2.75, 3.05) is 13.1 Å². The Kier molecular flexibility index (Phi) is 3.71. The molecule has 1 heteroatoms. The molecule has 0 aromatic carbocycles. The van der Waals surface area contributed by atoms with Crippen LogP contribution in [-0.4, -0.2) is 13.1 Å². The van der Waals surface area contributed by atoms with E-state index in [9.17, 15) is 0 Å². The third-order valence-corrected chi connectivity index (χ3v) is 5.09. The van der Waals surface area contributed by atoms with E-state index in [0.717, 1.165) is 17.3 Å². The van der Waals surface area contributed by atoms with E-state index in [1.807, 2.05) is 0 Å². The summed E-state index contributed by atoms with van der Waals surface area (Å²) in [6.07, 6.45) is 10.3. The number of hydrogen-bond donors (Lipinski definition) is 1. The van der Waals surface area contributed by atoms with Crippen molar-refractivity contribution in [3.63, 3.8) is 0 Å². The van der Waals surface area contributed by atoms with E-state index >= 15 is 0 Å². The summed E-state index contributed by atoms with van der Waals surface area (Å²) in [7, 11) is 0. The van der Waals surface area contributed by atoms with Gasteiger partial charge >= 0.3 is 0 Å². The van der Waals surface area contributed by atoms with Crippen LogP contribution in [0.4, 0.5) is 0 Å². The van der Waals surface area contributed by atoms with Crippen LogP contribution in [0.15, 0.2) is 0 Å². The van der Waals surface area contributed by atoms with Crippen molar-refractivity contribution in [2.24, 2.45) is 17.3 Å². The summed E-state index contributed by atoms with van der Waals surface area (Å²) in [6, 6.07) is 0. The third kappa shape index (κ3) is 2.38. The van der Waals surface area contributed by atoms with Crippen LogP contribution in [0.1, 0.15) is 58.8 Å². The normalized spacial score (nSPS) is 42.0. The van der Waals surface area contributed by atoms with Crippen LogP contribution in [0.25, 0.3) is 0 Å². The van der Waals surface area contributed by atoms with Gasteiger partial charge in [0.15, 0.2) is 0 Å². The van der Waals surface area contributed by atoms with Crippen LogP contribution in [0, 0.1) is 17.3 Å². The fourth-order valence-electron chi connectivity index (χ4n) is 3.81. The average Bonchev–Trinajstić information content (AvgIpc) is 2.26. The van der Waals surface area contributed by atoms with Crippen molar-refractivity contribution in [1.29, 1.82) is 0 Å². The maximum absolute atomic E-state index is 3.54. The minimum atomic E-state index is 0.732. The summed E-state index contributed by atoms with van der Waals surface area (Å²) in [4.78, 5) is 0. The monoisotopic (exact) mass is 209 g/mol. The Balaban J connectivity index is 1.89. The molecule has 1 N–H and O–H groups in total. The topological polar surface area (TPSA) is 12.0 Å². The Morgan fingerprint density at radius 1 is 1.20 bits per heavy atom. The predicted octanol–water partition coefficient (Wildman–Crippen LogP) is 3.59. The molecule has 88 valence electrons. The molecule has 0 amide bonds. The molecule has 2 rings (SSSR count). The smallest absolute Gasteiger partial charge is 0.00178 e. The van der Waals surface area contributed by atoms with E-state index in [4.69, 9.17) is 0 Å². The number of hydrogen-bond acceptors (Lipinski definition) is 1. The first-order valence-electron chi connectivity index (χ1n) is 6.97. The fourth-order valence-corrected chi connectivity index (χ4v) is 3.81. The van der Waals surface area contributed by atoms with E-state index < -0.39 is 0 Å². The van der Waals surface area contributed by atoms with Crippen LogP contribution in [0.3, 0.4) is 0 Å². The molecule has 1 aliphatic heterocycles. The van der Waals surface area contributed by atoms with Gasteiger partial charge in [-0.2, -0.15) is 0 Å². The quantitative estimate of drug-likeness (QED) is 0.733. The Labute approximate surface area is 95.0 Å². The van der Waals surface area contributed by atoms with Crippen LogP contribution >= 0.6 is 0 Å². The molecule has 1 unspecified atom stereocenters. The van der Waals surface area contributed by atoms with Gasteiger partial charge in [-0.1, -0.05) is 26.7 Å². The first-order valence-corrected chi connectivity index (χ1v) is 6.97. The molecule has 2 aliphatic rings. The highest BCUT2D eigenvalue weighted by Crippen LogP contribution is 2.48. The van der Waals surface area contributed by atoms with Gasteiger partial charge in [0.25, 0.3) is 0 Å². The standard InChI is InChI=1S/C14H27N/c1-3-4-13-5-7-14(8-6-13)9-10-15-11-12(14)2/h12-13,15H,3-11H2,1-2H3. The molecule has 1 heterocycles. The van der Waals surface area contributed by atoms with E-state index in [0.29, 0.717) is 0 Å². The molecule has 1 nitrogen and oxygen atoms in total. The van der Waals surface area contributed by atoms with E-state index in [-0.39, 0.29) is 0 Å². The maximum Gasteiger partial charge on any atom is -0.00178 e. The molecule has 1 saturated carbocycles. The van der Waals surface area contributed by atoms with Crippen LogP contribution in [0.5, 0.6) is 0 Å². The molecule has 0 aromatic rings. The summed E-state index contributed by atoms with van der Waals surface area (Å²) in [5.74, 6) is 1.97. The van der Waals surface area contributed by atoms with E-state index in [1.54, 1.807) is 0 Å². The van der Waals surface area contributed by atoms with Gasteiger partial charge in [0.1, 0.15) is 0 Å². The van der Waals surface area contributed by atoms with Gasteiger partial charge in [0.05, 0.1) is 0 Å². The summed E-state index contributed by atoms with van der Waals surface area (Å²) < 4.78 is 0. The van der Waals surface area contributed by atoms with Gasteiger partial charge in [-0.15, -0.1) is 0 Å². The Hall–Kier alpha value is -0.0400. The van der Waals surface area contributed by atoms with Crippen molar-refractivity contribution >= 4 is 0 Å². The molecule has 0 aromatic heterocycles. The number of piperidine rings is 1. The zero-order chi connectivity index (χ0) is 10.7. The van der Waals surface area contributed by atoms with Gasteiger partial charge in [-0.25, -0.2) is 0 Å². The van der Waals surface area contributed by atoms with Crippen molar-refractivity contribution in [3.8, 4) is 0 Å². The minimum Gasteiger partial charge on any atom is -0.316 e. The second kappa shape index (κ2) is 4.86. The van der Waals surface area contributed by atoms with Crippen LogP contribution < -0.4 is 5.32 Å². The van der Waals surface area contributed by atoms with Gasteiger partial charge in [0, 0.05) is 0 Å². The van der Waals surface area contributed by atoms with Crippen LogP contribution in [-0.2, 0) is 0 Å². The molecule has 1 saturated heterocycles. The SMILES string of the molecule is CCCC1CCC2(CCNCC2C)CC1. The highest BCUT2D eigenvalue weighted by Gasteiger charge is 2.40. The summed E-state index contributed by atoms with van der Waals surface area (Å²) >= 11 is 0. The van der Waals surface area contributed by atoms with E-state index in [2.05, 4.69) is 19.2 Å². The number of nitrogens with one attached hydrogen (secondary N) is 1. The Morgan fingerprint density at radius 3 is 2.53 bits per heavy atom. The second-order valence-electron chi connectivity index (χ2n) is 5.95. The Bertz CT molecular complexity index is 192. The second-order valence-corrected chi connectivity index (χ2v) is 5.95. The summed E-state index contributed by atoms with van der Waals surface area (Å²) in [5.41, 5.74) is 0.732. The molecule has 0 bridgehead atoms. The molecule has 1 aliphatic carbocycles. The van der Waals surface area contributed by atoms with Crippen molar-refractivity contribution in [1.82, 2.24) is 5.32 Å². The average molecular weight is 209 g/mol. The molecular formula is C14H27N. The minimum absolute atomic E-state index is 0.732.